The van der Waals surface area contributed by atoms with Crippen LogP contribution in [0.3, 0.4) is 0 Å². The molecule has 0 bridgehead atoms. The van der Waals surface area contributed by atoms with Crippen molar-refractivity contribution in [3.63, 3.8) is 0 Å². The minimum atomic E-state index is -4.36. The summed E-state index contributed by atoms with van der Waals surface area (Å²) in [5, 5.41) is 9.88. The largest absolute Gasteiger partial charge is 0.416 e. The molecule has 0 saturated carbocycles. The Morgan fingerprint density at radius 2 is 1.84 bits per heavy atom. The number of methoxy groups -OCH3 is 1. The van der Waals surface area contributed by atoms with E-state index in [4.69, 9.17) is 10.5 Å². The van der Waals surface area contributed by atoms with Crippen LogP contribution in [0.15, 0.2) is 24.3 Å². The van der Waals surface area contributed by atoms with Crippen LogP contribution in [0, 0.1) is 0 Å². The second-order valence-corrected chi connectivity index (χ2v) is 4.41. The standard InChI is InChI=1S/C13H18F3NO2/c1-19-7-6-11(17)8-12(18)9-2-4-10(5-3-9)13(14,15)16/h2-5,11-12,18H,6-8,17H2,1H3. The van der Waals surface area contributed by atoms with Crippen LogP contribution < -0.4 is 5.73 Å². The Labute approximate surface area is 110 Å². The number of hydrogen-bond acceptors (Lipinski definition) is 3. The Bertz CT molecular complexity index is 378. The van der Waals surface area contributed by atoms with Crippen molar-refractivity contribution in [1.82, 2.24) is 0 Å². The number of aliphatic hydroxyl groups excluding tert-OH is 1. The summed E-state index contributed by atoms with van der Waals surface area (Å²) in [6, 6.07) is 4.21. The van der Waals surface area contributed by atoms with E-state index in [0.717, 1.165) is 12.1 Å². The topological polar surface area (TPSA) is 55.5 Å². The Morgan fingerprint density at radius 3 is 2.32 bits per heavy atom. The fourth-order valence-corrected chi connectivity index (χ4v) is 1.70. The van der Waals surface area contributed by atoms with Gasteiger partial charge in [-0.05, 0) is 30.5 Å². The maximum absolute atomic E-state index is 12.4. The van der Waals surface area contributed by atoms with Crippen LogP contribution in [-0.4, -0.2) is 24.9 Å². The number of hydrogen-bond donors (Lipinski definition) is 2. The molecule has 0 aliphatic rings. The highest BCUT2D eigenvalue weighted by molar-refractivity contribution is 5.26. The molecule has 2 unspecified atom stereocenters. The van der Waals surface area contributed by atoms with Crippen LogP contribution in [0.25, 0.3) is 0 Å². The Kier molecular flexibility index (Phi) is 5.78. The number of aliphatic hydroxyl groups is 1. The number of rotatable bonds is 6. The summed E-state index contributed by atoms with van der Waals surface area (Å²) in [6.07, 6.45) is -4.35. The molecule has 0 amide bonds. The zero-order chi connectivity index (χ0) is 14.5. The van der Waals surface area contributed by atoms with Crippen LogP contribution >= 0.6 is 0 Å². The Morgan fingerprint density at radius 1 is 1.26 bits per heavy atom. The maximum Gasteiger partial charge on any atom is 0.416 e. The normalized spacial score (nSPS) is 15.3. The second-order valence-electron chi connectivity index (χ2n) is 4.41. The molecule has 0 radical (unpaired) electrons. The van der Waals surface area contributed by atoms with Crippen LogP contribution in [0.5, 0.6) is 0 Å². The first-order chi connectivity index (χ1) is 8.84. The molecule has 0 aliphatic carbocycles. The van der Waals surface area contributed by atoms with Crippen molar-refractivity contribution in [3.05, 3.63) is 35.4 Å². The van der Waals surface area contributed by atoms with Crippen molar-refractivity contribution in [3.8, 4) is 0 Å². The first kappa shape index (κ1) is 15.9. The molecule has 19 heavy (non-hydrogen) atoms. The van der Waals surface area contributed by atoms with E-state index in [0.29, 0.717) is 18.6 Å². The molecule has 0 fully saturated rings. The van der Waals surface area contributed by atoms with Crippen LogP contribution in [0.1, 0.15) is 30.1 Å². The molecule has 0 saturated heterocycles. The summed E-state index contributed by atoms with van der Waals surface area (Å²) in [5.74, 6) is 0. The molecule has 3 nitrogen and oxygen atoms in total. The van der Waals surface area contributed by atoms with Crippen molar-refractivity contribution in [1.29, 1.82) is 0 Å². The molecule has 1 aromatic rings. The van der Waals surface area contributed by atoms with Crippen molar-refractivity contribution < 1.29 is 23.0 Å². The molecule has 0 aromatic heterocycles. The van der Waals surface area contributed by atoms with Gasteiger partial charge in [0.2, 0.25) is 0 Å². The van der Waals surface area contributed by atoms with E-state index < -0.39 is 17.8 Å². The molecular weight excluding hydrogens is 259 g/mol. The summed E-state index contributed by atoms with van der Waals surface area (Å²) >= 11 is 0. The number of halogens is 3. The van der Waals surface area contributed by atoms with E-state index in [1.54, 1.807) is 7.11 Å². The monoisotopic (exact) mass is 277 g/mol. The minimum absolute atomic E-state index is 0.253. The van der Waals surface area contributed by atoms with E-state index in [2.05, 4.69) is 0 Å². The lowest BCUT2D eigenvalue weighted by Crippen LogP contribution is -2.24. The van der Waals surface area contributed by atoms with Gasteiger partial charge in [0.05, 0.1) is 11.7 Å². The zero-order valence-electron chi connectivity index (χ0n) is 10.7. The molecule has 2 atom stereocenters. The lowest BCUT2D eigenvalue weighted by molar-refractivity contribution is -0.137. The maximum atomic E-state index is 12.4. The van der Waals surface area contributed by atoms with Crippen molar-refractivity contribution >= 4 is 0 Å². The quantitative estimate of drug-likeness (QED) is 0.840. The first-order valence-corrected chi connectivity index (χ1v) is 5.94. The molecule has 3 N–H and O–H groups in total. The predicted molar refractivity (Wildman–Crippen MR) is 65.5 cm³/mol. The lowest BCUT2D eigenvalue weighted by Gasteiger charge is -2.17. The lowest BCUT2D eigenvalue weighted by atomic mass is 10.00. The highest BCUT2D eigenvalue weighted by Gasteiger charge is 2.30. The first-order valence-electron chi connectivity index (χ1n) is 5.94. The summed E-state index contributed by atoms with van der Waals surface area (Å²) in [7, 11) is 1.55. The van der Waals surface area contributed by atoms with E-state index in [-0.39, 0.29) is 12.5 Å². The molecular formula is C13H18F3NO2. The van der Waals surface area contributed by atoms with E-state index in [9.17, 15) is 18.3 Å². The molecule has 108 valence electrons. The third-order valence-corrected chi connectivity index (χ3v) is 2.84. The van der Waals surface area contributed by atoms with Gasteiger partial charge in [0.25, 0.3) is 0 Å². The van der Waals surface area contributed by atoms with Gasteiger partial charge in [0.1, 0.15) is 0 Å². The number of benzene rings is 1. The van der Waals surface area contributed by atoms with Gasteiger partial charge in [-0.25, -0.2) is 0 Å². The third-order valence-electron chi connectivity index (χ3n) is 2.84. The Hall–Kier alpha value is -1.11. The molecule has 6 heteroatoms. The average Bonchev–Trinajstić information content (AvgIpc) is 2.35. The van der Waals surface area contributed by atoms with Gasteiger partial charge in [-0.1, -0.05) is 12.1 Å². The van der Waals surface area contributed by atoms with Gasteiger partial charge in [-0.3, -0.25) is 0 Å². The zero-order valence-corrected chi connectivity index (χ0v) is 10.7. The molecule has 1 rings (SSSR count). The van der Waals surface area contributed by atoms with Crippen molar-refractivity contribution in [2.45, 2.75) is 31.2 Å². The van der Waals surface area contributed by atoms with Gasteiger partial charge >= 0.3 is 6.18 Å². The molecule has 0 aliphatic heterocycles. The summed E-state index contributed by atoms with van der Waals surface area (Å²) < 4.78 is 42.0. The van der Waals surface area contributed by atoms with Gasteiger partial charge in [-0.2, -0.15) is 13.2 Å². The SMILES string of the molecule is COCCC(N)CC(O)c1ccc(C(F)(F)F)cc1. The minimum Gasteiger partial charge on any atom is -0.388 e. The van der Waals surface area contributed by atoms with Crippen LogP contribution in [0.4, 0.5) is 13.2 Å². The molecule has 1 aromatic carbocycles. The van der Waals surface area contributed by atoms with E-state index in [1.807, 2.05) is 0 Å². The smallest absolute Gasteiger partial charge is 0.388 e. The predicted octanol–water partition coefficient (Wildman–Crippen LogP) is 2.49. The summed E-state index contributed by atoms with van der Waals surface area (Å²) in [6.45, 7) is 0.487. The molecule has 0 heterocycles. The summed E-state index contributed by atoms with van der Waals surface area (Å²) in [5.41, 5.74) is 5.48. The van der Waals surface area contributed by atoms with Gasteiger partial charge in [0.15, 0.2) is 0 Å². The van der Waals surface area contributed by atoms with E-state index in [1.165, 1.54) is 12.1 Å². The van der Waals surface area contributed by atoms with Gasteiger partial charge < -0.3 is 15.6 Å². The van der Waals surface area contributed by atoms with E-state index >= 15 is 0 Å². The fraction of sp³-hybridized carbons (Fsp3) is 0.538. The van der Waals surface area contributed by atoms with Crippen molar-refractivity contribution in [2.75, 3.05) is 13.7 Å². The number of nitrogens with two attached hydrogens (primary N) is 1. The molecule has 0 spiro atoms. The highest BCUT2D eigenvalue weighted by atomic mass is 19.4. The average molecular weight is 277 g/mol. The highest BCUT2D eigenvalue weighted by Crippen LogP contribution is 2.30. The van der Waals surface area contributed by atoms with Crippen molar-refractivity contribution in [2.24, 2.45) is 5.73 Å². The Balaban J connectivity index is 2.60. The van der Waals surface area contributed by atoms with Gasteiger partial charge in [0, 0.05) is 19.8 Å². The number of ether oxygens (including phenoxy) is 1. The fourth-order valence-electron chi connectivity index (χ4n) is 1.70. The van der Waals surface area contributed by atoms with Crippen LogP contribution in [-0.2, 0) is 10.9 Å². The number of alkyl halides is 3. The second kappa shape index (κ2) is 6.88. The third kappa shape index (κ3) is 5.18. The van der Waals surface area contributed by atoms with Crippen LogP contribution in [0.2, 0.25) is 0 Å². The van der Waals surface area contributed by atoms with Gasteiger partial charge in [-0.15, -0.1) is 0 Å². The summed E-state index contributed by atoms with van der Waals surface area (Å²) in [4.78, 5) is 0.